The molecule has 0 aromatic carbocycles. The molecule has 0 aromatic heterocycles. The Hall–Kier alpha value is 0.394. The van der Waals surface area contributed by atoms with E-state index in [0.717, 1.165) is 0 Å². The molecule has 0 unspecified atom stereocenters. The Labute approximate surface area is 50.1 Å². The van der Waals surface area contributed by atoms with Gasteiger partial charge in [0.2, 0.25) is 0 Å². The van der Waals surface area contributed by atoms with Crippen LogP contribution >= 0.6 is 0 Å². The molecule has 0 aliphatic heterocycles. The second kappa shape index (κ2) is 2.64. The van der Waals surface area contributed by atoms with Crippen molar-refractivity contribution in [3.63, 3.8) is 0 Å². The van der Waals surface area contributed by atoms with Gasteiger partial charge in [-0.15, -0.1) is 0 Å². The molecule has 0 rings (SSSR count). The average molecular weight is 133 g/mol. The van der Waals surface area contributed by atoms with Gasteiger partial charge in [0, 0.05) is 0 Å². The Kier molecular flexibility index (Phi) is 2.79. The minimum atomic E-state index is -0.840. The molecule has 0 fully saturated rings. The van der Waals surface area contributed by atoms with Crippen LogP contribution in [0.3, 0.4) is 0 Å². The maximum Gasteiger partial charge on any atom is 0.112 e. The van der Waals surface area contributed by atoms with E-state index in [0.29, 0.717) is 0 Å². The Morgan fingerprint density at radius 1 is 1.57 bits per heavy atom. The molecule has 0 aliphatic carbocycles. The first-order valence-electron chi connectivity index (χ1n) is 2.81. The van der Waals surface area contributed by atoms with E-state index in [-0.39, 0.29) is 0 Å². The largest absolute Gasteiger partial charge is 0.367 e. The summed E-state index contributed by atoms with van der Waals surface area (Å²) in [6.07, 6.45) is 0. The number of hydrogen-bond acceptors (Lipinski definition) is 1. The van der Waals surface area contributed by atoms with Gasteiger partial charge in [0.1, 0.15) is 8.24 Å². The smallest absolute Gasteiger partial charge is 0.112 e. The van der Waals surface area contributed by atoms with Crippen LogP contribution in [0.4, 0.5) is 0 Å². The lowest BCUT2D eigenvalue weighted by atomic mass is 11.0. The van der Waals surface area contributed by atoms with Gasteiger partial charge in [-0.2, -0.15) is 0 Å². The van der Waals surface area contributed by atoms with Gasteiger partial charge in [-0.05, 0) is 6.04 Å². The van der Waals surface area contributed by atoms with Gasteiger partial charge in [0.25, 0.3) is 0 Å². The molecule has 44 valence electrons. The molecule has 1 N–H and O–H groups in total. The summed E-state index contributed by atoms with van der Waals surface area (Å²) in [7, 11) is 0.329. The fourth-order valence-electron chi connectivity index (χ4n) is 0.177. The molecule has 0 amide bonds. The third-order valence-electron chi connectivity index (χ3n) is 1.56. The van der Waals surface area contributed by atoms with Crippen LogP contribution in [0.1, 0.15) is 6.92 Å². The van der Waals surface area contributed by atoms with Crippen LogP contribution in [0.15, 0.2) is 0 Å². The molecule has 0 atom stereocenters. The Morgan fingerprint density at radius 3 is 2.00 bits per heavy atom. The van der Waals surface area contributed by atoms with Crippen molar-refractivity contribution >= 4 is 18.6 Å². The predicted molar refractivity (Wildman–Crippen MR) is 41.0 cm³/mol. The topological polar surface area (TPSA) is 12.0 Å². The predicted octanol–water partition coefficient (Wildman–Crippen LogP) is 0.0814. The molecule has 1 nitrogen and oxygen atoms in total. The van der Waals surface area contributed by atoms with Crippen LogP contribution in [-0.2, 0) is 0 Å². The highest BCUT2D eigenvalue weighted by Gasteiger charge is 2.12. The Morgan fingerprint density at radius 2 is 2.00 bits per heavy atom. The van der Waals surface area contributed by atoms with Crippen molar-refractivity contribution in [2.45, 2.75) is 26.1 Å². The molecule has 0 saturated heterocycles. The zero-order valence-corrected chi connectivity index (χ0v) is 8.71. The molecule has 7 heavy (non-hydrogen) atoms. The molecule has 0 bridgehead atoms. The van der Waals surface area contributed by atoms with Crippen molar-refractivity contribution in [2.75, 3.05) is 0 Å². The van der Waals surface area contributed by atoms with E-state index in [1.807, 2.05) is 0 Å². The second-order valence-corrected chi connectivity index (χ2v) is 8.96. The van der Waals surface area contributed by atoms with Gasteiger partial charge in [-0.3, -0.25) is 0 Å². The molecule has 0 saturated carbocycles. The van der Waals surface area contributed by atoms with Crippen LogP contribution in [0, 0.1) is 0 Å². The summed E-state index contributed by atoms with van der Waals surface area (Å²) in [4.78, 5) is 0. The fourth-order valence-corrected chi connectivity index (χ4v) is 1.59. The summed E-state index contributed by atoms with van der Waals surface area (Å²) in [6, 6.07) is 1.36. The first kappa shape index (κ1) is 7.39. The van der Waals surface area contributed by atoms with Gasteiger partial charge in [0.15, 0.2) is 0 Å². The summed E-state index contributed by atoms with van der Waals surface area (Å²) in [5.74, 6) is 0. The zero-order chi connectivity index (χ0) is 5.91. The first-order chi connectivity index (χ1) is 3.12. The van der Waals surface area contributed by atoms with Gasteiger partial charge in [-0.1, -0.05) is 20.0 Å². The molecular formula is C4H15NSi2. The third kappa shape index (κ3) is 3.02. The lowest BCUT2D eigenvalue weighted by Gasteiger charge is -2.17. The SMILES string of the molecule is CC[Si](C)(C)N[SiH3]. The lowest BCUT2D eigenvalue weighted by molar-refractivity contribution is 1.27. The summed E-state index contributed by atoms with van der Waals surface area (Å²) in [6.45, 7) is 6.98. The van der Waals surface area contributed by atoms with Crippen LogP contribution in [-0.4, -0.2) is 18.6 Å². The van der Waals surface area contributed by atoms with Crippen LogP contribution in [0.5, 0.6) is 0 Å². The Bertz CT molecular complexity index is 47.7. The van der Waals surface area contributed by atoms with Crippen molar-refractivity contribution in [3.05, 3.63) is 0 Å². The van der Waals surface area contributed by atoms with Crippen molar-refractivity contribution in [2.24, 2.45) is 0 Å². The lowest BCUT2D eigenvalue weighted by Crippen LogP contribution is -2.41. The number of rotatable bonds is 2. The first-order valence-corrected chi connectivity index (χ1v) is 7.02. The fraction of sp³-hybridized carbons (Fsp3) is 1.00. The van der Waals surface area contributed by atoms with Crippen molar-refractivity contribution < 1.29 is 0 Å². The second-order valence-electron chi connectivity index (χ2n) is 2.49. The van der Waals surface area contributed by atoms with E-state index in [4.69, 9.17) is 0 Å². The van der Waals surface area contributed by atoms with Gasteiger partial charge in [0.05, 0.1) is 10.4 Å². The van der Waals surface area contributed by atoms with Crippen molar-refractivity contribution in [1.29, 1.82) is 0 Å². The van der Waals surface area contributed by atoms with Crippen LogP contribution < -0.4 is 4.65 Å². The van der Waals surface area contributed by atoms with Gasteiger partial charge >= 0.3 is 0 Å². The van der Waals surface area contributed by atoms with E-state index in [1.165, 1.54) is 16.4 Å². The number of nitrogens with one attached hydrogen (secondary N) is 1. The summed E-state index contributed by atoms with van der Waals surface area (Å²) < 4.78 is 3.47. The van der Waals surface area contributed by atoms with Crippen LogP contribution in [0.2, 0.25) is 19.1 Å². The third-order valence-corrected chi connectivity index (χ3v) is 8.74. The maximum atomic E-state index is 3.47. The molecule has 0 heterocycles. The molecule has 0 radical (unpaired) electrons. The van der Waals surface area contributed by atoms with Crippen LogP contribution in [0.25, 0.3) is 0 Å². The monoisotopic (exact) mass is 133 g/mol. The van der Waals surface area contributed by atoms with Gasteiger partial charge < -0.3 is 4.65 Å². The minimum absolute atomic E-state index is 0.840. The van der Waals surface area contributed by atoms with E-state index >= 15 is 0 Å². The molecule has 0 aromatic rings. The molecule has 0 spiro atoms. The van der Waals surface area contributed by atoms with Crippen molar-refractivity contribution in [3.8, 4) is 0 Å². The average Bonchev–Trinajstić information content (AvgIpc) is 1.68. The number of hydrogen-bond donors (Lipinski definition) is 1. The van der Waals surface area contributed by atoms with Gasteiger partial charge in [-0.25, -0.2) is 0 Å². The van der Waals surface area contributed by atoms with E-state index in [2.05, 4.69) is 24.7 Å². The summed E-state index contributed by atoms with van der Waals surface area (Å²) in [5, 5.41) is 0. The zero-order valence-electron chi connectivity index (χ0n) is 5.71. The molecule has 0 aliphatic rings. The highest BCUT2D eigenvalue weighted by atomic mass is 28.4. The van der Waals surface area contributed by atoms with E-state index < -0.39 is 8.24 Å². The quantitative estimate of drug-likeness (QED) is 0.526. The highest BCUT2D eigenvalue weighted by molar-refractivity contribution is 6.78. The molecular weight excluding hydrogens is 118 g/mol. The molecule has 3 heteroatoms. The maximum absolute atomic E-state index is 3.47. The Balaban J connectivity index is 3.36. The highest BCUT2D eigenvalue weighted by Crippen LogP contribution is 1.99. The minimum Gasteiger partial charge on any atom is -0.367 e. The standard InChI is InChI=1S/C4H15NSi2/c1-4-7(2,3)5-6/h5H,4H2,1-3,6H3. The normalized spacial score (nSPS) is 12.4. The van der Waals surface area contributed by atoms with E-state index in [1.54, 1.807) is 0 Å². The summed E-state index contributed by atoms with van der Waals surface area (Å²) >= 11 is 0. The van der Waals surface area contributed by atoms with Crippen molar-refractivity contribution in [1.82, 2.24) is 4.65 Å². The van der Waals surface area contributed by atoms with E-state index in [9.17, 15) is 0 Å². The summed E-state index contributed by atoms with van der Waals surface area (Å²) in [5.41, 5.74) is 0.